The highest BCUT2D eigenvalue weighted by atomic mass is 16.5. The summed E-state index contributed by atoms with van der Waals surface area (Å²) in [4.78, 5) is 10.3. The first kappa shape index (κ1) is 9.50. The van der Waals surface area contributed by atoms with Crippen LogP contribution in [0.25, 0.3) is 0 Å². The molecule has 0 radical (unpaired) electrons. The van der Waals surface area contributed by atoms with E-state index >= 15 is 0 Å². The molecule has 5 heteroatoms. The first-order valence-corrected chi connectivity index (χ1v) is 3.53. The minimum absolute atomic E-state index is 0.261. The average Bonchev–Trinajstić information content (AvgIpc) is 2.04. The Labute approximate surface area is 74.4 Å². The number of aliphatic hydroxyl groups excluding tert-OH is 1. The second-order valence-corrected chi connectivity index (χ2v) is 2.36. The molecule has 0 aliphatic rings. The molecule has 0 heterocycles. The number of benzene rings is 1. The molecular weight excluding hydrogens is 174 g/mol. The molecule has 0 atom stereocenters. The minimum atomic E-state index is -1.53. The molecule has 70 valence electrons. The van der Waals surface area contributed by atoms with Crippen molar-refractivity contribution in [3.63, 3.8) is 0 Å². The van der Waals surface area contributed by atoms with Gasteiger partial charge in [0.1, 0.15) is 5.75 Å². The molecule has 1 aromatic carbocycles. The third-order valence-electron chi connectivity index (χ3n) is 1.40. The Morgan fingerprint density at radius 1 is 1.31 bits per heavy atom. The number of amides is 1. The Balaban J connectivity index is 2.75. The molecule has 13 heavy (non-hydrogen) atoms. The molecule has 0 fully saturated rings. The van der Waals surface area contributed by atoms with E-state index in [1.807, 2.05) is 0 Å². The Kier molecular flexibility index (Phi) is 2.84. The summed E-state index contributed by atoms with van der Waals surface area (Å²) >= 11 is 0. The number of carbonyl (C=O) groups excluding carboxylic acids is 1. The summed E-state index contributed by atoms with van der Waals surface area (Å²) in [5, 5.41) is 17.4. The highest BCUT2D eigenvalue weighted by Gasteiger charge is 2.03. The Morgan fingerprint density at radius 3 is 2.23 bits per heavy atom. The van der Waals surface area contributed by atoms with Crippen molar-refractivity contribution in [3.05, 3.63) is 29.8 Å². The highest BCUT2D eigenvalue weighted by Crippen LogP contribution is 2.15. The highest BCUT2D eigenvalue weighted by molar-refractivity contribution is 5.67. The number of aliphatic hydroxyl groups is 2. The minimum Gasteiger partial charge on any atom is -0.411 e. The molecule has 0 unspecified atom stereocenters. The molecule has 0 saturated heterocycles. The predicted molar refractivity (Wildman–Crippen MR) is 43.8 cm³/mol. The summed E-state index contributed by atoms with van der Waals surface area (Å²) in [5.41, 5.74) is 5.08. The topological polar surface area (TPSA) is 92.8 Å². The lowest BCUT2D eigenvalue weighted by Gasteiger charge is -2.04. The average molecular weight is 183 g/mol. The van der Waals surface area contributed by atoms with Crippen molar-refractivity contribution in [1.82, 2.24) is 0 Å². The molecule has 4 N–H and O–H groups in total. The van der Waals surface area contributed by atoms with Gasteiger partial charge < -0.3 is 20.7 Å². The SMILES string of the molecule is NC(=O)Oc1ccc(C(O)O)cc1. The summed E-state index contributed by atoms with van der Waals surface area (Å²) in [6.45, 7) is 0. The number of ether oxygens (including phenoxy) is 1. The number of carbonyl (C=O) groups is 1. The van der Waals surface area contributed by atoms with Crippen LogP contribution in [0.2, 0.25) is 0 Å². The second-order valence-electron chi connectivity index (χ2n) is 2.36. The van der Waals surface area contributed by atoms with Crippen LogP contribution >= 0.6 is 0 Å². The third-order valence-corrected chi connectivity index (χ3v) is 1.40. The normalized spacial score (nSPS) is 10.1. The smallest absolute Gasteiger partial charge is 0.409 e. The molecule has 5 nitrogen and oxygen atoms in total. The monoisotopic (exact) mass is 183 g/mol. The van der Waals surface area contributed by atoms with Crippen LogP contribution in [0.5, 0.6) is 5.75 Å². The zero-order valence-electron chi connectivity index (χ0n) is 6.68. The molecule has 0 bridgehead atoms. The zero-order chi connectivity index (χ0) is 9.84. The number of primary amides is 1. The maximum absolute atomic E-state index is 10.3. The van der Waals surface area contributed by atoms with Crippen LogP contribution in [0.4, 0.5) is 4.79 Å². The molecule has 1 aromatic rings. The standard InChI is InChI=1S/C8H9NO4/c9-8(12)13-6-3-1-5(2-4-6)7(10)11/h1-4,7,10-11H,(H2,9,12). The Morgan fingerprint density at radius 2 is 1.85 bits per heavy atom. The molecule has 0 aromatic heterocycles. The maximum atomic E-state index is 10.3. The zero-order valence-corrected chi connectivity index (χ0v) is 6.68. The second kappa shape index (κ2) is 3.88. The molecule has 0 aliphatic heterocycles. The predicted octanol–water partition coefficient (Wildman–Crippen LogP) is 0.127. The van der Waals surface area contributed by atoms with Crippen molar-refractivity contribution in [1.29, 1.82) is 0 Å². The number of hydrogen-bond acceptors (Lipinski definition) is 4. The van der Waals surface area contributed by atoms with Crippen LogP contribution in [0.15, 0.2) is 24.3 Å². The largest absolute Gasteiger partial charge is 0.411 e. The van der Waals surface area contributed by atoms with E-state index < -0.39 is 12.4 Å². The van der Waals surface area contributed by atoms with Gasteiger partial charge in [-0.25, -0.2) is 4.79 Å². The van der Waals surface area contributed by atoms with Crippen molar-refractivity contribution in [3.8, 4) is 5.75 Å². The van der Waals surface area contributed by atoms with Gasteiger partial charge >= 0.3 is 6.09 Å². The van der Waals surface area contributed by atoms with Crippen LogP contribution in [0.1, 0.15) is 11.9 Å². The lowest BCUT2D eigenvalue weighted by molar-refractivity contribution is -0.0424. The van der Waals surface area contributed by atoms with E-state index in [2.05, 4.69) is 4.74 Å². The van der Waals surface area contributed by atoms with Crippen LogP contribution in [-0.4, -0.2) is 16.3 Å². The van der Waals surface area contributed by atoms with Gasteiger partial charge in [-0.1, -0.05) is 12.1 Å². The van der Waals surface area contributed by atoms with Gasteiger partial charge in [-0.05, 0) is 12.1 Å². The van der Waals surface area contributed by atoms with Crippen LogP contribution in [0, 0.1) is 0 Å². The first-order valence-electron chi connectivity index (χ1n) is 3.53. The fourth-order valence-corrected chi connectivity index (χ4v) is 0.824. The van der Waals surface area contributed by atoms with E-state index in [1.54, 1.807) is 0 Å². The fraction of sp³-hybridized carbons (Fsp3) is 0.125. The van der Waals surface area contributed by atoms with Crippen LogP contribution in [-0.2, 0) is 0 Å². The lowest BCUT2D eigenvalue weighted by Crippen LogP contribution is -2.16. The number of hydrogen-bond donors (Lipinski definition) is 3. The van der Waals surface area contributed by atoms with Gasteiger partial charge in [-0.3, -0.25) is 0 Å². The van der Waals surface area contributed by atoms with E-state index in [-0.39, 0.29) is 5.75 Å². The third kappa shape index (κ3) is 2.73. The molecular formula is C8H9NO4. The Hall–Kier alpha value is -1.59. The summed E-state index contributed by atoms with van der Waals surface area (Å²) in [6, 6.07) is 5.67. The van der Waals surface area contributed by atoms with Gasteiger partial charge in [0.25, 0.3) is 0 Å². The first-order chi connectivity index (χ1) is 6.09. The quantitative estimate of drug-likeness (QED) is 0.568. The summed E-state index contributed by atoms with van der Waals surface area (Å²) < 4.78 is 4.52. The molecule has 1 rings (SSSR count). The van der Waals surface area contributed by atoms with E-state index in [0.29, 0.717) is 5.56 Å². The van der Waals surface area contributed by atoms with Crippen LogP contribution < -0.4 is 10.5 Å². The molecule has 0 spiro atoms. The van der Waals surface area contributed by atoms with E-state index in [1.165, 1.54) is 24.3 Å². The van der Waals surface area contributed by atoms with Gasteiger partial charge in [-0.2, -0.15) is 0 Å². The maximum Gasteiger partial charge on any atom is 0.409 e. The number of nitrogens with two attached hydrogens (primary N) is 1. The van der Waals surface area contributed by atoms with E-state index in [0.717, 1.165) is 0 Å². The van der Waals surface area contributed by atoms with Crippen molar-refractivity contribution in [2.24, 2.45) is 5.73 Å². The van der Waals surface area contributed by atoms with Crippen molar-refractivity contribution < 1.29 is 19.7 Å². The summed E-state index contributed by atoms with van der Waals surface area (Å²) in [5.74, 6) is 0.261. The van der Waals surface area contributed by atoms with Crippen molar-refractivity contribution in [2.75, 3.05) is 0 Å². The van der Waals surface area contributed by atoms with Gasteiger partial charge in [0.2, 0.25) is 0 Å². The van der Waals surface area contributed by atoms with E-state index in [4.69, 9.17) is 15.9 Å². The Bertz CT molecular complexity index is 294. The van der Waals surface area contributed by atoms with Gasteiger partial charge in [0.15, 0.2) is 6.29 Å². The number of rotatable bonds is 2. The van der Waals surface area contributed by atoms with E-state index in [9.17, 15) is 4.79 Å². The van der Waals surface area contributed by atoms with Gasteiger partial charge in [-0.15, -0.1) is 0 Å². The fourth-order valence-electron chi connectivity index (χ4n) is 0.824. The molecule has 0 aliphatic carbocycles. The summed E-state index contributed by atoms with van der Waals surface area (Å²) in [7, 11) is 0. The molecule has 1 amide bonds. The van der Waals surface area contributed by atoms with Crippen LogP contribution in [0.3, 0.4) is 0 Å². The molecule has 0 saturated carbocycles. The van der Waals surface area contributed by atoms with Crippen molar-refractivity contribution in [2.45, 2.75) is 6.29 Å². The van der Waals surface area contributed by atoms with Gasteiger partial charge in [0, 0.05) is 5.56 Å². The van der Waals surface area contributed by atoms with Gasteiger partial charge in [0.05, 0.1) is 0 Å². The lowest BCUT2D eigenvalue weighted by atomic mass is 10.2. The van der Waals surface area contributed by atoms with Crippen molar-refractivity contribution >= 4 is 6.09 Å². The summed E-state index contributed by atoms with van der Waals surface area (Å²) in [6.07, 6.45) is -2.43.